The number of thiophene rings is 1. The molecule has 7 nitrogen and oxygen atoms in total. The molecule has 0 aliphatic heterocycles. The van der Waals surface area contributed by atoms with Gasteiger partial charge in [-0.15, -0.1) is 11.3 Å². The molecule has 134 valence electrons. The largest absolute Gasteiger partial charge is 0.465 e. The number of ether oxygens (including phenoxy) is 2. The molecule has 0 saturated carbocycles. The normalized spacial score (nSPS) is 10.7. The number of methoxy groups -OCH3 is 2. The van der Waals surface area contributed by atoms with Crippen LogP contribution in [0.1, 0.15) is 31.2 Å². The van der Waals surface area contributed by atoms with E-state index in [1.165, 1.54) is 25.1 Å². The molecule has 0 atom stereocenters. The van der Waals surface area contributed by atoms with Crippen molar-refractivity contribution in [2.24, 2.45) is 0 Å². The quantitative estimate of drug-likeness (QED) is 0.654. The molecule has 8 heteroatoms. The highest BCUT2D eigenvalue weighted by molar-refractivity contribution is 7.20. The Morgan fingerprint density at radius 1 is 1.19 bits per heavy atom. The van der Waals surface area contributed by atoms with Crippen LogP contribution in [0.2, 0.25) is 0 Å². The van der Waals surface area contributed by atoms with Crippen LogP contribution in [-0.4, -0.2) is 35.7 Å². The predicted molar refractivity (Wildman–Crippen MR) is 96.8 cm³/mol. The van der Waals surface area contributed by atoms with E-state index >= 15 is 0 Å². The van der Waals surface area contributed by atoms with Gasteiger partial charge in [-0.1, -0.05) is 12.1 Å². The van der Waals surface area contributed by atoms with Crippen molar-refractivity contribution in [3.63, 3.8) is 0 Å². The van der Waals surface area contributed by atoms with E-state index in [4.69, 9.17) is 9.47 Å². The SMILES string of the molecule is COC(=O)c1cccc(Cn2cnc3sc(C(=O)OC)c(C)c3c2=O)c1. The molecule has 26 heavy (non-hydrogen) atoms. The van der Waals surface area contributed by atoms with Gasteiger partial charge in [0.25, 0.3) is 5.56 Å². The second-order valence-electron chi connectivity index (χ2n) is 5.60. The van der Waals surface area contributed by atoms with Crippen molar-refractivity contribution in [3.8, 4) is 0 Å². The van der Waals surface area contributed by atoms with Gasteiger partial charge < -0.3 is 9.47 Å². The van der Waals surface area contributed by atoms with Crippen LogP contribution < -0.4 is 5.56 Å². The monoisotopic (exact) mass is 372 g/mol. The molecule has 0 N–H and O–H groups in total. The van der Waals surface area contributed by atoms with E-state index in [1.54, 1.807) is 25.1 Å². The number of carbonyl (C=O) groups is 2. The maximum atomic E-state index is 12.8. The van der Waals surface area contributed by atoms with Crippen LogP contribution in [0.5, 0.6) is 0 Å². The van der Waals surface area contributed by atoms with Crippen molar-refractivity contribution in [1.82, 2.24) is 9.55 Å². The Morgan fingerprint density at radius 2 is 1.92 bits per heavy atom. The van der Waals surface area contributed by atoms with E-state index in [-0.39, 0.29) is 12.1 Å². The molecule has 3 aromatic rings. The predicted octanol–water partition coefficient (Wildman–Crippen LogP) is 2.39. The van der Waals surface area contributed by atoms with Crippen molar-refractivity contribution >= 4 is 33.5 Å². The summed E-state index contributed by atoms with van der Waals surface area (Å²) in [5.74, 6) is -0.925. The fourth-order valence-electron chi connectivity index (χ4n) is 2.67. The van der Waals surface area contributed by atoms with Gasteiger partial charge in [0, 0.05) is 0 Å². The van der Waals surface area contributed by atoms with Crippen LogP contribution in [-0.2, 0) is 16.0 Å². The third-order valence-corrected chi connectivity index (χ3v) is 5.17. The van der Waals surface area contributed by atoms with Crippen LogP contribution in [0, 0.1) is 6.92 Å². The van der Waals surface area contributed by atoms with Gasteiger partial charge in [-0.05, 0) is 30.2 Å². The molecule has 0 aliphatic carbocycles. The molecule has 0 fully saturated rings. The van der Waals surface area contributed by atoms with Gasteiger partial charge in [0.2, 0.25) is 0 Å². The van der Waals surface area contributed by atoms with Crippen LogP contribution in [0.4, 0.5) is 0 Å². The lowest BCUT2D eigenvalue weighted by molar-refractivity contribution is 0.0594. The minimum atomic E-state index is -0.484. The summed E-state index contributed by atoms with van der Waals surface area (Å²) >= 11 is 1.13. The van der Waals surface area contributed by atoms with E-state index in [0.717, 1.165) is 16.9 Å². The minimum Gasteiger partial charge on any atom is -0.465 e. The fraction of sp³-hybridized carbons (Fsp3) is 0.222. The third kappa shape index (κ3) is 3.11. The first-order valence-electron chi connectivity index (χ1n) is 7.70. The van der Waals surface area contributed by atoms with Gasteiger partial charge in [0.1, 0.15) is 9.71 Å². The van der Waals surface area contributed by atoms with E-state index in [1.807, 2.05) is 6.07 Å². The molecule has 3 rings (SSSR count). The molecule has 0 radical (unpaired) electrons. The number of carbonyl (C=O) groups excluding carboxylic acids is 2. The summed E-state index contributed by atoms with van der Waals surface area (Å²) in [7, 11) is 2.61. The van der Waals surface area contributed by atoms with Crippen molar-refractivity contribution in [2.45, 2.75) is 13.5 Å². The molecular weight excluding hydrogens is 356 g/mol. The van der Waals surface area contributed by atoms with Gasteiger partial charge in [-0.2, -0.15) is 0 Å². The Morgan fingerprint density at radius 3 is 2.62 bits per heavy atom. The second-order valence-corrected chi connectivity index (χ2v) is 6.60. The number of benzene rings is 1. The zero-order valence-electron chi connectivity index (χ0n) is 14.4. The number of hydrogen-bond donors (Lipinski definition) is 0. The number of fused-ring (bicyclic) bond motifs is 1. The number of aromatic nitrogens is 2. The minimum absolute atomic E-state index is 0.245. The molecule has 2 heterocycles. The molecule has 0 spiro atoms. The molecule has 2 aromatic heterocycles. The van der Waals surface area contributed by atoms with Crippen molar-refractivity contribution in [1.29, 1.82) is 0 Å². The van der Waals surface area contributed by atoms with Crippen LogP contribution in [0.3, 0.4) is 0 Å². The van der Waals surface area contributed by atoms with Crippen molar-refractivity contribution < 1.29 is 19.1 Å². The Hall–Kier alpha value is -3.00. The van der Waals surface area contributed by atoms with Crippen LogP contribution in [0.25, 0.3) is 10.2 Å². The molecule has 0 amide bonds. The lowest BCUT2D eigenvalue weighted by atomic mass is 10.1. The average molecular weight is 372 g/mol. The van der Waals surface area contributed by atoms with E-state index in [2.05, 4.69) is 4.98 Å². The smallest absolute Gasteiger partial charge is 0.348 e. The molecule has 0 bridgehead atoms. The zero-order chi connectivity index (χ0) is 18.8. The first-order valence-corrected chi connectivity index (χ1v) is 8.52. The summed E-state index contributed by atoms with van der Waals surface area (Å²) < 4.78 is 10.9. The maximum Gasteiger partial charge on any atom is 0.348 e. The molecular formula is C18H16N2O5S. The summed E-state index contributed by atoms with van der Waals surface area (Å²) in [6.07, 6.45) is 1.44. The Kier molecular flexibility index (Phi) is 4.85. The number of rotatable bonds is 4. The highest BCUT2D eigenvalue weighted by Gasteiger charge is 2.20. The van der Waals surface area contributed by atoms with Crippen molar-refractivity contribution in [2.75, 3.05) is 14.2 Å². The summed E-state index contributed by atoms with van der Waals surface area (Å²) in [5.41, 5.74) is 1.48. The summed E-state index contributed by atoms with van der Waals surface area (Å²) in [6, 6.07) is 6.85. The van der Waals surface area contributed by atoms with Gasteiger partial charge in [0.15, 0.2) is 0 Å². The zero-order valence-corrected chi connectivity index (χ0v) is 15.3. The lowest BCUT2D eigenvalue weighted by Crippen LogP contribution is -2.21. The average Bonchev–Trinajstić information content (AvgIpc) is 3.00. The Balaban J connectivity index is 2.03. The van der Waals surface area contributed by atoms with E-state index in [9.17, 15) is 14.4 Å². The van der Waals surface area contributed by atoms with Gasteiger partial charge in [0.05, 0.1) is 38.0 Å². The molecule has 0 unspecified atom stereocenters. The second kappa shape index (κ2) is 7.09. The van der Waals surface area contributed by atoms with E-state index in [0.29, 0.717) is 26.2 Å². The van der Waals surface area contributed by atoms with Crippen molar-refractivity contribution in [3.05, 3.63) is 62.5 Å². The number of hydrogen-bond acceptors (Lipinski definition) is 7. The molecule has 1 aromatic carbocycles. The summed E-state index contributed by atoms with van der Waals surface area (Å²) in [6.45, 7) is 1.95. The van der Waals surface area contributed by atoms with E-state index < -0.39 is 11.9 Å². The van der Waals surface area contributed by atoms with Gasteiger partial charge in [-0.3, -0.25) is 9.36 Å². The number of esters is 2. The molecule has 0 aliphatic rings. The topological polar surface area (TPSA) is 87.5 Å². The fourth-order valence-corrected chi connectivity index (χ4v) is 3.73. The lowest BCUT2D eigenvalue weighted by Gasteiger charge is -2.07. The number of nitrogens with zero attached hydrogens (tertiary/aromatic N) is 2. The Bertz CT molecular complexity index is 1070. The Labute approximate surface area is 152 Å². The highest BCUT2D eigenvalue weighted by Crippen LogP contribution is 2.27. The van der Waals surface area contributed by atoms with Gasteiger partial charge >= 0.3 is 11.9 Å². The maximum absolute atomic E-state index is 12.8. The standard InChI is InChI=1S/C18H16N2O5S/c1-10-13-15(26-14(10)18(23)25-3)19-9-20(16(13)21)8-11-5-4-6-12(7-11)17(22)24-2/h4-7,9H,8H2,1-3H3. The first-order chi connectivity index (χ1) is 12.5. The van der Waals surface area contributed by atoms with Crippen LogP contribution in [0.15, 0.2) is 35.4 Å². The van der Waals surface area contributed by atoms with Gasteiger partial charge in [-0.25, -0.2) is 14.6 Å². The molecule has 0 saturated heterocycles. The third-order valence-electron chi connectivity index (χ3n) is 3.99. The first kappa shape index (κ1) is 17.8. The number of aryl methyl sites for hydroxylation is 1. The summed E-state index contributed by atoms with van der Waals surface area (Å²) in [5, 5.41) is 0.405. The highest BCUT2D eigenvalue weighted by atomic mass is 32.1. The van der Waals surface area contributed by atoms with Crippen LogP contribution >= 0.6 is 11.3 Å². The summed E-state index contributed by atoms with van der Waals surface area (Å²) in [4.78, 5) is 41.5.